The lowest BCUT2D eigenvalue weighted by atomic mass is 9.85. The second kappa shape index (κ2) is 31.7. The Bertz CT molecular complexity index is 7370. The number of aryl methyl sites for hydroxylation is 10. The van der Waals surface area contributed by atoms with E-state index >= 15 is 0 Å². The average molecular weight is 1560 g/mol. The molecule has 0 saturated heterocycles. The third-order valence-electron chi connectivity index (χ3n) is 26.3. The van der Waals surface area contributed by atoms with Gasteiger partial charge in [0.05, 0.1) is 22.3 Å². The zero-order chi connectivity index (χ0) is 81.4. The smallest absolute Gasteiger partial charge is 0.216 e. The van der Waals surface area contributed by atoms with Gasteiger partial charge >= 0.3 is 0 Å². The van der Waals surface area contributed by atoms with Crippen LogP contribution in [0, 0.1) is 59.3 Å². The zero-order valence-electron chi connectivity index (χ0n) is 71.0. The molecule has 0 aliphatic heterocycles. The quantitative estimate of drug-likeness (QED) is 0.128. The van der Waals surface area contributed by atoms with Gasteiger partial charge in [0, 0.05) is 91.1 Å². The van der Waals surface area contributed by atoms with Crippen molar-refractivity contribution in [3.63, 3.8) is 0 Å². The predicted molar refractivity (Wildman–Crippen MR) is 494 cm³/mol. The molecule has 20 aromatic rings. The molecule has 0 amide bonds. The van der Waals surface area contributed by atoms with Gasteiger partial charge in [-0.1, -0.05) is 241 Å². The Hall–Kier alpha value is -12.5. The van der Waals surface area contributed by atoms with E-state index < -0.39 is 0 Å². The van der Waals surface area contributed by atoms with Gasteiger partial charge in [0.1, 0.15) is 72.9 Å². The Kier molecular flexibility index (Phi) is 20.4. The minimum absolute atomic E-state index is 0.630. The van der Waals surface area contributed by atoms with E-state index in [-0.39, 0.29) is 0 Å². The summed E-state index contributed by atoms with van der Waals surface area (Å²) in [5, 5.41) is 19.6. The lowest BCUT2D eigenvalue weighted by Crippen LogP contribution is -2.31. The third-order valence-corrected chi connectivity index (χ3v) is 26.3. The van der Waals surface area contributed by atoms with Crippen molar-refractivity contribution in [3.8, 4) is 45.0 Å². The standard InChI is InChI=1S/C30H30NO.C29H28NO.C27H26NO.C25H22NO/c1-20-12-14-25-29-24-11-7-6-10-23(24)13-15-27(29)32-30(25)28(20)26-19-22(16-17-31(26)2)18-21-8-4-3-5-9-21;1-19-11-13-24-28-23-10-6-5-9-22(23)12-14-26(28)31-29(24)27(19)25-18-21(15-16-30(25)2)17-20-7-3-4-8-20;1-17(2)15-19-13-14-28(4)23(16-19)25-18(3)9-11-22-26-21-8-6-5-7-20(21)10-12-24(26)29-27(22)25;1-15-9-11-20-24-19-8-6-5-7-18(19)10-12-22(24)27-25(20)23(15)21-13-16(2)17(3)14-26(21)4/h6-7,10-17,19,21H,3-5,8-9,18H2,1-2H3;5-6,9-16,18,20H,3-4,7-8,17H2,1-2H3;5-14,16-17H,15H2,1-4H3;5-14H,1-4H3/q4*+1. The Morgan fingerprint density at radius 1 is 0.286 bits per heavy atom. The molecule has 8 nitrogen and oxygen atoms in total. The summed E-state index contributed by atoms with van der Waals surface area (Å²) in [7, 11) is 8.52. The molecule has 590 valence electrons. The van der Waals surface area contributed by atoms with E-state index in [0.29, 0.717) is 5.92 Å². The second-order valence-corrected chi connectivity index (χ2v) is 35.0. The molecule has 0 atom stereocenters. The molecule has 2 saturated carbocycles. The highest BCUT2D eigenvalue weighted by Crippen LogP contribution is 2.46. The van der Waals surface area contributed by atoms with Crippen molar-refractivity contribution < 1.29 is 35.9 Å². The molecule has 0 spiro atoms. The lowest BCUT2D eigenvalue weighted by molar-refractivity contribution is -0.660. The number of furan rings is 4. The van der Waals surface area contributed by atoms with E-state index in [1.165, 1.54) is 252 Å². The van der Waals surface area contributed by atoms with Crippen molar-refractivity contribution in [2.24, 2.45) is 45.9 Å². The maximum atomic E-state index is 6.56. The molecule has 2 aliphatic carbocycles. The number of aromatic nitrogens is 4. The van der Waals surface area contributed by atoms with Crippen molar-refractivity contribution >= 4 is 131 Å². The first-order valence-electron chi connectivity index (χ1n) is 43.2. The van der Waals surface area contributed by atoms with E-state index in [4.69, 9.17) is 17.7 Å². The summed E-state index contributed by atoms with van der Waals surface area (Å²) >= 11 is 0. The highest BCUT2D eigenvalue weighted by Gasteiger charge is 2.29. The molecule has 119 heavy (non-hydrogen) atoms. The van der Waals surface area contributed by atoms with Crippen LogP contribution in [0.25, 0.3) is 176 Å². The van der Waals surface area contributed by atoms with E-state index in [1.54, 1.807) is 0 Å². The van der Waals surface area contributed by atoms with Crippen LogP contribution in [0.15, 0.2) is 279 Å². The summed E-state index contributed by atoms with van der Waals surface area (Å²) in [6.45, 7) is 17.6. The first-order chi connectivity index (χ1) is 57.9. The Morgan fingerprint density at radius 3 is 0.908 bits per heavy atom. The summed E-state index contributed by atoms with van der Waals surface area (Å²) < 4.78 is 34.9. The molecule has 8 heteroatoms. The Labute approximate surface area is 697 Å². The van der Waals surface area contributed by atoms with Crippen LogP contribution in [-0.2, 0) is 47.5 Å². The number of benzene rings is 12. The fourth-order valence-corrected chi connectivity index (χ4v) is 19.9. The number of rotatable bonds is 10. The van der Waals surface area contributed by atoms with Crippen LogP contribution in [0.5, 0.6) is 0 Å². The molecule has 2 fully saturated rings. The third kappa shape index (κ3) is 14.3. The van der Waals surface area contributed by atoms with Gasteiger partial charge in [-0.3, -0.25) is 0 Å². The minimum Gasteiger partial charge on any atom is -0.455 e. The molecule has 0 unspecified atom stereocenters. The van der Waals surface area contributed by atoms with Gasteiger partial charge in [0.25, 0.3) is 0 Å². The molecule has 0 bridgehead atoms. The largest absolute Gasteiger partial charge is 0.455 e. The average Bonchev–Trinajstić information content (AvgIpc) is 1.62. The van der Waals surface area contributed by atoms with Crippen LogP contribution >= 0.6 is 0 Å². The number of fused-ring (bicyclic) bond motifs is 20. The van der Waals surface area contributed by atoms with Crippen LogP contribution in [0.1, 0.15) is 122 Å². The molecule has 2 aliphatic rings. The fraction of sp³-hybridized carbons (Fsp3) is 0.243. The molecular formula is C111H106N4O4+4. The van der Waals surface area contributed by atoms with Crippen LogP contribution in [-0.4, -0.2) is 0 Å². The normalized spacial score (nSPS) is 13.5. The van der Waals surface area contributed by atoms with Crippen molar-refractivity contribution in [3.05, 3.63) is 311 Å². The molecule has 12 aromatic carbocycles. The van der Waals surface area contributed by atoms with E-state index in [0.717, 1.165) is 62.9 Å². The van der Waals surface area contributed by atoms with Gasteiger partial charge in [0.15, 0.2) is 24.8 Å². The topological polar surface area (TPSA) is 68.1 Å². The monoisotopic (exact) mass is 1560 g/mol. The summed E-state index contributed by atoms with van der Waals surface area (Å²) in [5.41, 5.74) is 29.3. The van der Waals surface area contributed by atoms with Gasteiger partial charge in [-0.05, 0) is 190 Å². The fourth-order valence-electron chi connectivity index (χ4n) is 19.9. The van der Waals surface area contributed by atoms with E-state index in [2.05, 4.69) is 363 Å². The minimum atomic E-state index is 0.630. The summed E-state index contributed by atoms with van der Waals surface area (Å²) in [5.74, 6) is 2.30. The Balaban J connectivity index is 0.000000105. The lowest BCUT2D eigenvalue weighted by Gasteiger charge is -2.21. The summed E-state index contributed by atoms with van der Waals surface area (Å²) in [6, 6.07) is 85.3. The molecule has 8 aromatic heterocycles. The second-order valence-electron chi connectivity index (χ2n) is 35.0. The van der Waals surface area contributed by atoms with Gasteiger partial charge in [0.2, 0.25) is 22.8 Å². The van der Waals surface area contributed by atoms with Crippen molar-refractivity contribution in [2.75, 3.05) is 0 Å². The van der Waals surface area contributed by atoms with Gasteiger partial charge < -0.3 is 17.7 Å². The van der Waals surface area contributed by atoms with Gasteiger partial charge in [-0.15, -0.1) is 0 Å². The highest BCUT2D eigenvalue weighted by atomic mass is 16.3. The van der Waals surface area contributed by atoms with E-state index in [9.17, 15) is 0 Å². The first kappa shape index (κ1) is 76.5. The molecule has 22 rings (SSSR count). The molecule has 8 heterocycles. The van der Waals surface area contributed by atoms with Crippen LogP contribution in [0.4, 0.5) is 0 Å². The number of pyridine rings is 4. The number of hydrogen-bond donors (Lipinski definition) is 0. The van der Waals surface area contributed by atoms with Gasteiger partial charge in [-0.2, -0.15) is 0 Å². The van der Waals surface area contributed by atoms with Crippen molar-refractivity contribution in [1.29, 1.82) is 0 Å². The molecular weight excluding hydrogens is 1450 g/mol. The zero-order valence-corrected chi connectivity index (χ0v) is 71.0. The first-order valence-corrected chi connectivity index (χ1v) is 43.2. The van der Waals surface area contributed by atoms with E-state index in [1.807, 2.05) is 0 Å². The molecule has 0 radical (unpaired) electrons. The maximum absolute atomic E-state index is 6.56. The summed E-state index contributed by atoms with van der Waals surface area (Å²) in [6.07, 6.45) is 24.7. The van der Waals surface area contributed by atoms with Crippen LogP contribution < -0.4 is 18.3 Å². The highest BCUT2D eigenvalue weighted by molar-refractivity contribution is 6.24. The summed E-state index contributed by atoms with van der Waals surface area (Å²) in [4.78, 5) is 0. The van der Waals surface area contributed by atoms with Crippen LogP contribution in [0.3, 0.4) is 0 Å². The van der Waals surface area contributed by atoms with Gasteiger partial charge in [-0.25, -0.2) is 18.3 Å². The number of nitrogens with zero attached hydrogens (tertiary/aromatic N) is 4. The SMILES string of the molecule is Cc1cc(-c2c(C)ccc3c2oc2ccc4ccccc4c23)[n+](C)cc1C.Cc1ccc2c(oc3ccc4ccccc4c32)c1-c1cc(CC(C)C)cc[n+]1C.Cc1ccc2c(oc3ccc4ccccc4c32)c1-c1cc(CC2CCCC2)cc[n+]1C.Cc1ccc2c(oc3ccc4ccccc4c32)c1-c1cc(CC2CCCCC2)cc[n+]1C. The maximum Gasteiger partial charge on any atom is 0.216 e. The Morgan fingerprint density at radius 2 is 0.580 bits per heavy atom. The van der Waals surface area contributed by atoms with Crippen molar-refractivity contribution in [2.45, 2.75) is 132 Å². The van der Waals surface area contributed by atoms with Crippen molar-refractivity contribution in [1.82, 2.24) is 0 Å². The van der Waals surface area contributed by atoms with Crippen LogP contribution in [0.2, 0.25) is 0 Å². The molecule has 0 N–H and O–H groups in total. The number of hydrogen-bond acceptors (Lipinski definition) is 4. The predicted octanol–water partition coefficient (Wildman–Crippen LogP) is 27.8.